The molecule has 2 nitrogen and oxygen atoms in total. The zero-order valence-electron chi connectivity index (χ0n) is 7.08. The maximum Gasteiger partial charge on any atom is 0.171 e. The minimum absolute atomic E-state index is 0.754. The van der Waals surface area contributed by atoms with Gasteiger partial charge in [0.1, 0.15) is 0 Å². The molecule has 1 radical (unpaired) electrons. The van der Waals surface area contributed by atoms with Crippen molar-refractivity contribution in [3.63, 3.8) is 0 Å². The minimum Gasteiger partial charge on any atom is -0.375 e. The van der Waals surface area contributed by atoms with Gasteiger partial charge in [-0.15, -0.1) is 0 Å². The molecule has 1 aromatic carbocycles. The maximum absolute atomic E-state index is 5.54. The Bertz CT molecular complexity index is 426. The highest BCUT2D eigenvalue weighted by Gasteiger charge is 2.02. The summed E-state index contributed by atoms with van der Waals surface area (Å²) in [5.41, 5.74) is 0. The van der Waals surface area contributed by atoms with Crippen LogP contribution in [0.15, 0.2) is 45.6 Å². The molecule has 0 saturated heterocycles. The topological polar surface area (TPSA) is 14.2 Å². The molecule has 0 aliphatic rings. The second-order valence-corrected chi connectivity index (χ2v) is 4.41. The fourth-order valence-electron chi connectivity index (χ4n) is 0.994. The lowest BCUT2D eigenvalue weighted by Crippen LogP contribution is -2.01. The van der Waals surface area contributed by atoms with Gasteiger partial charge in [-0.05, 0) is 40.2 Å². The Morgan fingerprint density at radius 3 is 2.86 bits per heavy atom. The van der Waals surface area contributed by atoms with Gasteiger partial charge < -0.3 is 4.84 Å². The van der Waals surface area contributed by atoms with Crippen LogP contribution in [0.5, 0.6) is 5.75 Å². The summed E-state index contributed by atoms with van der Waals surface area (Å²) in [6.45, 7) is 0. The number of halogens is 2. The van der Waals surface area contributed by atoms with E-state index in [2.05, 4.69) is 37.9 Å². The summed E-state index contributed by atoms with van der Waals surface area (Å²) in [6.07, 6.45) is 3.50. The summed E-state index contributed by atoms with van der Waals surface area (Å²) in [6, 6.07) is 10.4. The van der Waals surface area contributed by atoms with Crippen molar-refractivity contribution >= 4 is 31.9 Å². The molecule has 2 rings (SSSR count). The van der Waals surface area contributed by atoms with E-state index >= 15 is 0 Å². The van der Waals surface area contributed by atoms with Crippen LogP contribution in [0, 0.1) is 6.07 Å². The summed E-state index contributed by atoms with van der Waals surface area (Å²) < 4.78 is 3.48. The monoisotopic (exact) mass is 314 g/mol. The Morgan fingerprint density at radius 2 is 2.14 bits per heavy atom. The quantitative estimate of drug-likeness (QED) is 0.825. The highest BCUT2D eigenvalue weighted by molar-refractivity contribution is 9.11. The molecular formula is C10H6Br2NO. The van der Waals surface area contributed by atoms with Crippen LogP contribution in [0.2, 0.25) is 0 Å². The van der Waals surface area contributed by atoms with Crippen molar-refractivity contribution in [3.8, 4) is 5.75 Å². The predicted molar refractivity (Wildman–Crippen MR) is 61.1 cm³/mol. The molecule has 2 aromatic rings. The van der Waals surface area contributed by atoms with Crippen LogP contribution in [0.25, 0.3) is 0 Å². The van der Waals surface area contributed by atoms with Crippen LogP contribution in [-0.4, -0.2) is 4.73 Å². The number of nitrogens with zero attached hydrogens (tertiary/aromatic N) is 1. The first-order valence-electron chi connectivity index (χ1n) is 3.93. The van der Waals surface area contributed by atoms with Crippen LogP contribution < -0.4 is 4.84 Å². The molecule has 0 spiro atoms. The third-order valence-electron chi connectivity index (χ3n) is 1.62. The van der Waals surface area contributed by atoms with Crippen molar-refractivity contribution in [2.75, 3.05) is 0 Å². The molecule has 0 atom stereocenters. The van der Waals surface area contributed by atoms with Crippen LogP contribution in [0.1, 0.15) is 0 Å². The summed E-state index contributed by atoms with van der Waals surface area (Å²) in [5.74, 6) is 0.754. The van der Waals surface area contributed by atoms with E-state index in [9.17, 15) is 0 Å². The second kappa shape index (κ2) is 4.19. The minimum atomic E-state index is 0.754. The van der Waals surface area contributed by atoms with Crippen molar-refractivity contribution < 1.29 is 4.84 Å². The van der Waals surface area contributed by atoms with Crippen LogP contribution in [0.3, 0.4) is 0 Å². The lowest BCUT2D eigenvalue weighted by molar-refractivity contribution is 0.215. The van der Waals surface area contributed by atoms with Gasteiger partial charge >= 0.3 is 0 Å². The van der Waals surface area contributed by atoms with E-state index in [-0.39, 0.29) is 0 Å². The average Bonchev–Trinajstić information content (AvgIpc) is 2.64. The van der Waals surface area contributed by atoms with Gasteiger partial charge in [0.2, 0.25) is 0 Å². The van der Waals surface area contributed by atoms with Gasteiger partial charge in [-0.3, -0.25) is 0 Å². The molecule has 0 fully saturated rings. The molecule has 0 N–H and O–H groups in total. The summed E-state index contributed by atoms with van der Waals surface area (Å²) in [4.78, 5) is 5.54. The Balaban J connectivity index is 2.28. The van der Waals surface area contributed by atoms with E-state index < -0.39 is 0 Å². The molecule has 1 heterocycles. The molecule has 1 aromatic heterocycles. The highest BCUT2D eigenvalue weighted by Crippen LogP contribution is 2.28. The molecule has 14 heavy (non-hydrogen) atoms. The van der Waals surface area contributed by atoms with Crippen LogP contribution >= 0.6 is 31.9 Å². The van der Waals surface area contributed by atoms with E-state index in [4.69, 9.17) is 4.84 Å². The van der Waals surface area contributed by atoms with E-state index in [1.807, 2.05) is 18.2 Å². The predicted octanol–water partition coefficient (Wildman–Crippen LogP) is 3.66. The molecule has 0 saturated carbocycles. The van der Waals surface area contributed by atoms with Crippen LogP contribution in [0.4, 0.5) is 0 Å². The largest absolute Gasteiger partial charge is 0.375 e. The third-order valence-corrected chi connectivity index (χ3v) is 2.76. The molecule has 0 unspecified atom stereocenters. The van der Waals surface area contributed by atoms with Gasteiger partial charge in [0.15, 0.2) is 5.75 Å². The lowest BCUT2D eigenvalue weighted by Gasteiger charge is -2.07. The summed E-state index contributed by atoms with van der Waals surface area (Å²) in [5, 5.41) is 0. The first-order chi connectivity index (χ1) is 6.75. The number of aromatic nitrogens is 1. The fraction of sp³-hybridized carbons (Fsp3) is 0. The zero-order valence-corrected chi connectivity index (χ0v) is 10.2. The number of rotatable bonds is 2. The Morgan fingerprint density at radius 1 is 1.29 bits per heavy atom. The van der Waals surface area contributed by atoms with E-state index in [0.29, 0.717) is 0 Å². The van der Waals surface area contributed by atoms with Crippen molar-refractivity contribution in [2.24, 2.45) is 0 Å². The standard InChI is InChI=1S/C10H6Br2NO/c11-8-3-4-9(12)10(7-8)14-13-5-1-2-6-13/h1,3-7H. The molecule has 71 valence electrons. The van der Waals surface area contributed by atoms with Gasteiger partial charge in [-0.1, -0.05) is 15.9 Å². The lowest BCUT2D eigenvalue weighted by atomic mass is 10.3. The van der Waals surface area contributed by atoms with Gasteiger partial charge in [-0.25, -0.2) is 0 Å². The summed E-state index contributed by atoms with van der Waals surface area (Å²) >= 11 is 6.79. The Labute approximate surface area is 98.7 Å². The SMILES string of the molecule is Brc1ccc(Br)c(On2c[c]cc2)c1. The molecule has 0 amide bonds. The first-order valence-corrected chi connectivity index (χ1v) is 5.52. The van der Waals surface area contributed by atoms with Gasteiger partial charge in [0.25, 0.3) is 0 Å². The maximum atomic E-state index is 5.54. The van der Waals surface area contributed by atoms with Gasteiger partial charge in [-0.2, -0.15) is 4.73 Å². The molecule has 0 aliphatic heterocycles. The molecule has 4 heteroatoms. The molecule has 0 bridgehead atoms. The smallest absolute Gasteiger partial charge is 0.171 e. The van der Waals surface area contributed by atoms with E-state index in [0.717, 1.165) is 14.7 Å². The zero-order chi connectivity index (χ0) is 9.97. The van der Waals surface area contributed by atoms with E-state index in [1.165, 1.54) is 0 Å². The average molecular weight is 316 g/mol. The van der Waals surface area contributed by atoms with Crippen molar-refractivity contribution in [1.82, 2.24) is 4.73 Å². The van der Waals surface area contributed by atoms with E-state index in [1.54, 1.807) is 23.2 Å². The normalized spacial score (nSPS) is 10.1. The fourth-order valence-corrected chi connectivity index (χ4v) is 1.65. The Hall–Kier alpha value is -0.740. The number of hydrogen-bond donors (Lipinski definition) is 0. The van der Waals surface area contributed by atoms with Crippen molar-refractivity contribution in [1.29, 1.82) is 0 Å². The molecule has 0 aliphatic carbocycles. The highest BCUT2D eigenvalue weighted by atomic mass is 79.9. The van der Waals surface area contributed by atoms with Crippen molar-refractivity contribution in [3.05, 3.63) is 51.7 Å². The van der Waals surface area contributed by atoms with Crippen LogP contribution in [-0.2, 0) is 0 Å². The first kappa shape index (κ1) is 9.80. The van der Waals surface area contributed by atoms with Crippen molar-refractivity contribution in [2.45, 2.75) is 0 Å². The van der Waals surface area contributed by atoms with Gasteiger partial charge in [0, 0.05) is 16.7 Å². The molecular weight excluding hydrogens is 310 g/mol. The third kappa shape index (κ3) is 2.19. The number of benzene rings is 1. The van der Waals surface area contributed by atoms with Gasteiger partial charge in [0.05, 0.1) is 10.7 Å². The Kier molecular flexibility index (Phi) is 2.93. The second-order valence-electron chi connectivity index (χ2n) is 2.64. The number of hydrogen-bond acceptors (Lipinski definition) is 1. The summed E-state index contributed by atoms with van der Waals surface area (Å²) in [7, 11) is 0.